The van der Waals surface area contributed by atoms with Gasteiger partial charge in [-0.25, -0.2) is 0 Å². The van der Waals surface area contributed by atoms with Crippen LogP contribution in [0.15, 0.2) is 0 Å². The molecule has 1 rings (SSSR count). The van der Waals surface area contributed by atoms with Crippen molar-refractivity contribution < 1.29 is 4.79 Å². The quantitative estimate of drug-likeness (QED) is 0.792. The summed E-state index contributed by atoms with van der Waals surface area (Å²) in [6.07, 6.45) is 2.83. The van der Waals surface area contributed by atoms with Crippen molar-refractivity contribution in [1.82, 2.24) is 15.1 Å². The topological polar surface area (TPSA) is 35.6 Å². The molecule has 1 fully saturated rings. The molecular weight excluding hydrogens is 226 g/mol. The molecule has 0 spiro atoms. The fourth-order valence-corrected chi connectivity index (χ4v) is 1.99. The summed E-state index contributed by atoms with van der Waals surface area (Å²) in [5.41, 5.74) is 0. The molecule has 0 aliphatic carbocycles. The molecule has 5 heteroatoms. The lowest BCUT2D eigenvalue weighted by Gasteiger charge is -2.35. The monoisotopic (exact) mass is 249 g/mol. The molecule has 0 radical (unpaired) electrons. The standard InChI is InChI=1S/C11H23N3O.ClH/c1-12-7-4-11(15)14(3)10-5-8-13(2)9-6-10;/h10,12H,4-9H2,1-3H3;1H. The first kappa shape index (κ1) is 15.7. The van der Waals surface area contributed by atoms with Gasteiger partial charge in [0.15, 0.2) is 0 Å². The average Bonchev–Trinajstić information content (AvgIpc) is 2.26. The molecule has 4 nitrogen and oxygen atoms in total. The van der Waals surface area contributed by atoms with Crippen LogP contribution in [0.4, 0.5) is 0 Å². The van der Waals surface area contributed by atoms with Crippen LogP contribution in [-0.2, 0) is 4.79 Å². The molecule has 1 heterocycles. The number of amides is 1. The Morgan fingerprint density at radius 2 is 2.00 bits per heavy atom. The van der Waals surface area contributed by atoms with E-state index >= 15 is 0 Å². The Kier molecular flexibility index (Phi) is 7.72. The van der Waals surface area contributed by atoms with E-state index in [1.165, 1.54) is 0 Å². The normalized spacial score (nSPS) is 17.9. The van der Waals surface area contributed by atoms with Gasteiger partial charge in [0.25, 0.3) is 0 Å². The van der Waals surface area contributed by atoms with Crippen molar-refractivity contribution in [1.29, 1.82) is 0 Å². The van der Waals surface area contributed by atoms with Gasteiger partial charge in [-0.1, -0.05) is 0 Å². The van der Waals surface area contributed by atoms with E-state index in [0.29, 0.717) is 12.5 Å². The van der Waals surface area contributed by atoms with Gasteiger partial charge in [-0.3, -0.25) is 4.79 Å². The Bertz CT molecular complexity index is 205. The third-order valence-corrected chi connectivity index (χ3v) is 3.22. The van der Waals surface area contributed by atoms with Crippen LogP contribution in [0.3, 0.4) is 0 Å². The lowest BCUT2D eigenvalue weighted by atomic mass is 10.0. The van der Waals surface area contributed by atoms with Crippen LogP contribution in [0.1, 0.15) is 19.3 Å². The largest absolute Gasteiger partial charge is 0.343 e. The van der Waals surface area contributed by atoms with Crippen molar-refractivity contribution >= 4 is 18.3 Å². The minimum atomic E-state index is 0. The van der Waals surface area contributed by atoms with E-state index in [-0.39, 0.29) is 18.3 Å². The molecular formula is C11H24ClN3O. The van der Waals surface area contributed by atoms with E-state index in [4.69, 9.17) is 0 Å². The fraction of sp³-hybridized carbons (Fsp3) is 0.909. The van der Waals surface area contributed by atoms with Crippen LogP contribution < -0.4 is 5.32 Å². The molecule has 1 N–H and O–H groups in total. The maximum absolute atomic E-state index is 11.8. The predicted octanol–water partition coefficient (Wildman–Crippen LogP) is 0.570. The lowest BCUT2D eigenvalue weighted by Crippen LogP contribution is -2.44. The van der Waals surface area contributed by atoms with Crippen LogP contribution in [0.2, 0.25) is 0 Å². The number of halogens is 1. The number of likely N-dealkylation sites (tertiary alicyclic amines) is 1. The van der Waals surface area contributed by atoms with Crippen LogP contribution >= 0.6 is 12.4 Å². The van der Waals surface area contributed by atoms with E-state index in [1.54, 1.807) is 0 Å². The first-order chi connectivity index (χ1) is 7.15. The van der Waals surface area contributed by atoms with Crippen molar-refractivity contribution in [2.45, 2.75) is 25.3 Å². The third-order valence-electron chi connectivity index (χ3n) is 3.22. The van der Waals surface area contributed by atoms with Crippen LogP contribution in [0.25, 0.3) is 0 Å². The summed E-state index contributed by atoms with van der Waals surface area (Å²) >= 11 is 0. The van der Waals surface area contributed by atoms with Crippen molar-refractivity contribution in [2.75, 3.05) is 40.8 Å². The van der Waals surface area contributed by atoms with Gasteiger partial charge in [0.1, 0.15) is 0 Å². The molecule has 0 aromatic rings. The number of piperidine rings is 1. The maximum Gasteiger partial charge on any atom is 0.223 e. The number of hydrogen-bond donors (Lipinski definition) is 1. The number of nitrogens with one attached hydrogen (secondary N) is 1. The molecule has 1 saturated heterocycles. The minimum absolute atomic E-state index is 0. The first-order valence-electron chi connectivity index (χ1n) is 5.74. The Morgan fingerprint density at radius 1 is 1.44 bits per heavy atom. The molecule has 0 aromatic heterocycles. The van der Waals surface area contributed by atoms with Crippen molar-refractivity contribution in [3.63, 3.8) is 0 Å². The fourth-order valence-electron chi connectivity index (χ4n) is 1.99. The second-order valence-electron chi connectivity index (χ2n) is 4.39. The molecule has 96 valence electrons. The van der Waals surface area contributed by atoms with E-state index in [9.17, 15) is 4.79 Å². The molecule has 0 saturated carbocycles. The molecule has 1 aliphatic heterocycles. The summed E-state index contributed by atoms with van der Waals surface area (Å²) in [6.45, 7) is 2.98. The molecule has 16 heavy (non-hydrogen) atoms. The molecule has 0 unspecified atom stereocenters. The highest BCUT2D eigenvalue weighted by atomic mass is 35.5. The summed E-state index contributed by atoms with van der Waals surface area (Å²) in [5.74, 6) is 0.263. The zero-order valence-corrected chi connectivity index (χ0v) is 11.3. The summed E-state index contributed by atoms with van der Waals surface area (Å²) < 4.78 is 0. The first-order valence-corrected chi connectivity index (χ1v) is 5.74. The van der Waals surface area contributed by atoms with Crippen LogP contribution in [0, 0.1) is 0 Å². The Labute approximate surface area is 105 Å². The zero-order chi connectivity index (χ0) is 11.3. The van der Waals surface area contributed by atoms with Crippen molar-refractivity contribution in [2.24, 2.45) is 0 Å². The maximum atomic E-state index is 11.8. The molecule has 0 bridgehead atoms. The van der Waals surface area contributed by atoms with Gasteiger partial charge in [0.05, 0.1) is 0 Å². The van der Waals surface area contributed by atoms with E-state index < -0.39 is 0 Å². The van der Waals surface area contributed by atoms with Gasteiger partial charge in [0, 0.05) is 26.1 Å². The molecule has 0 atom stereocenters. The lowest BCUT2D eigenvalue weighted by molar-refractivity contribution is -0.132. The predicted molar refractivity (Wildman–Crippen MR) is 69.1 cm³/mol. The third kappa shape index (κ3) is 4.68. The highest BCUT2D eigenvalue weighted by molar-refractivity contribution is 5.85. The second kappa shape index (κ2) is 7.87. The summed E-state index contributed by atoms with van der Waals surface area (Å²) in [5, 5.41) is 3.01. The Balaban J connectivity index is 0.00000225. The summed E-state index contributed by atoms with van der Waals surface area (Å²) in [4.78, 5) is 16.0. The van der Waals surface area contributed by atoms with Gasteiger partial charge in [-0.15, -0.1) is 12.4 Å². The number of hydrogen-bond acceptors (Lipinski definition) is 3. The molecule has 1 amide bonds. The van der Waals surface area contributed by atoms with E-state index in [0.717, 1.165) is 32.5 Å². The second-order valence-corrected chi connectivity index (χ2v) is 4.39. The zero-order valence-electron chi connectivity index (χ0n) is 10.5. The number of nitrogens with zero attached hydrogens (tertiary/aromatic N) is 2. The van der Waals surface area contributed by atoms with Gasteiger partial charge >= 0.3 is 0 Å². The number of carbonyl (C=O) groups excluding carboxylic acids is 1. The van der Waals surface area contributed by atoms with Gasteiger partial charge in [-0.2, -0.15) is 0 Å². The molecule has 1 aliphatic rings. The van der Waals surface area contributed by atoms with Crippen molar-refractivity contribution in [3.05, 3.63) is 0 Å². The van der Waals surface area contributed by atoms with Gasteiger partial charge < -0.3 is 15.1 Å². The van der Waals surface area contributed by atoms with E-state index in [2.05, 4.69) is 17.3 Å². The van der Waals surface area contributed by atoms with Crippen molar-refractivity contribution in [3.8, 4) is 0 Å². The minimum Gasteiger partial charge on any atom is -0.343 e. The average molecular weight is 250 g/mol. The summed E-state index contributed by atoms with van der Waals surface area (Å²) in [7, 11) is 5.95. The molecule has 0 aromatic carbocycles. The van der Waals surface area contributed by atoms with Crippen LogP contribution in [0.5, 0.6) is 0 Å². The smallest absolute Gasteiger partial charge is 0.223 e. The van der Waals surface area contributed by atoms with E-state index in [1.807, 2.05) is 19.0 Å². The highest BCUT2D eigenvalue weighted by Crippen LogP contribution is 2.14. The van der Waals surface area contributed by atoms with Gasteiger partial charge in [0.2, 0.25) is 5.91 Å². The number of carbonyl (C=O) groups is 1. The SMILES string of the molecule is CNCCC(=O)N(C)C1CCN(C)CC1.Cl. The Hall–Kier alpha value is -0.320. The number of rotatable bonds is 4. The highest BCUT2D eigenvalue weighted by Gasteiger charge is 2.23. The summed E-state index contributed by atoms with van der Waals surface area (Å²) in [6, 6.07) is 0.450. The van der Waals surface area contributed by atoms with Gasteiger partial charge in [-0.05, 0) is 40.0 Å². The Morgan fingerprint density at radius 3 is 2.50 bits per heavy atom. The van der Waals surface area contributed by atoms with Crippen LogP contribution in [-0.4, -0.2) is 62.5 Å².